The second kappa shape index (κ2) is 7.03. The SMILES string of the molecule is NS(=O)(=O)NCC1CCCN(C(=O)CCCO)C1. The summed E-state index contributed by atoms with van der Waals surface area (Å²) in [5.74, 6) is 0.125. The molecular weight excluding hydrogens is 258 g/mol. The topological polar surface area (TPSA) is 113 Å². The van der Waals surface area contributed by atoms with Gasteiger partial charge in [0, 0.05) is 32.7 Å². The molecule has 1 rings (SSSR count). The first-order valence-corrected chi connectivity index (χ1v) is 7.63. The molecule has 0 spiro atoms. The maximum absolute atomic E-state index is 11.8. The summed E-state index contributed by atoms with van der Waals surface area (Å²) in [5.41, 5.74) is 0. The number of piperidine rings is 1. The molecule has 1 unspecified atom stereocenters. The molecule has 0 aliphatic carbocycles. The number of likely N-dealkylation sites (tertiary alicyclic amines) is 1. The second-order valence-electron chi connectivity index (χ2n) is 4.57. The first-order chi connectivity index (χ1) is 8.42. The third kappa shape index (κ3) is 5.76. The van der Waals surface area contributed by atoms with Crippen molar-refractivity contribution < 1.29 is 18.3 Å². The molecule has 0 aromatic rings. The van der Waals surface area contributed by atoms with Crippen LogP contribution in [0.25, 0.3) is 0 Å². The van der Waals surface area contributed by atoms with Crippen molar-refractivity contribution >= 4 is 16.1 Å². The van der Waals surface area contributed by atoms with Crippen molar-refractivity contribution in [2.45, 2.75) is 25.7 Å². The molecule has 0 aromatic carbocycles. The van der Waals surface area contributed by atoms with Crippen LogP contribution in [0.5, 0.6) is 0 Å². The van der Waals surface area contributed by atoms with Gasteiger partial charge in [-0.05, 0) is 25.2 Å². The first kappa shape index (κ1) is 15.4. The highest BCUT2D eigenvalue weighted by atomic mass is 32.2. The lowest BCUT2D eigenvalue weighted by atomic mass is 9.98. The Morgan fingerprint density at radius 2 is 2.22 bits per heavy atom. The van der Waals surface area contributed by atoms with Crippen molar-refractivity contribution in [1.29, 1.82) is 0 Å². The van der Waals surface area contributed by atoms with Crippen LogP contribution in [0.15, 0.2) is 0 Å². The molecule has 0 saturated carbocycles. The number of aliphatic hydroxyl groups excluding tert-OH is 1. The van der Waals surface area contributed by atoms with E-state index in [1.807, 2.05) is 0 Å². The van der Waals surface area contributed by atoms with Gasteiger partial charge in [0.25, 0.3) is 10.2 Å². The Balaban J connectivity index is 2.38. The lowest BCUT2D eigenvalue weighted by Crippen LogP contribution is -2.44. The molecule has 8 heteroatoms. The average molecular weight is 279 g/mol. The predicted octanol–water partition coefficient (Wildman–Crippen LogP) is -1.21. The Hall–Kier alpha value is -0.700. The fraction of sp³-hybridized carbons (Fsp3) is 0.900. The van der Waals surface area contributed by atoms with Crippen LogP contribution in [0.3, 0.4) is 0 Å². The monoisotopic (exact) mass is 279 g/mol. The molecule has 1 fully saturated rings. The maximum Gasteiger partial charge on any atom is 0.274 e. The molecule has 1 atom stereocenters. The van der Waals surface area contributed by atoms with E-state index in [1.54, 1.807) is 4.90 Å². The van der Waals surface area contributed by atoms with E-state index in [2.05, 4.69) is 4.72 Å². The third-order valence-corrected chi connectivity index (χ3v) is 3.56. The number of carbonyl (C=O) groups is 1. The summed E-state index contributed by atoms with van der Waals surface area (Å²) in [6.07, 6.45) is 2.55. The number of hydrogen-bond donors (Lipinski definition) is 3. The number of nitrogens with two attached hydrogens (primary N) is 1. The molecule has 18 heavy (non-hydrogen) atoms. The molecule has 1 aliphatic rings. The Kier molecular flexibility index (Phi) is 6.00. The summed E-state index contributed by atoms with van der Waals surface area (Å²) in [7, 11) is -3.66. The highest BCUT2D eigenvalue weighted by Gasteiger charge is 2.23. The average Bonchev–Trinajstić information content (AvgIpc) is 2.33. The molecule has 7 nitrogen and oxygen atoms in total. The number of amides is 1. The molecule has 0 radical (unpaired) electrons. The van der Waals surface area contributed by atoms with Gasteiger partial charge in [0.15, 0.2) is 0 Å². The lowest BCUT2D eigenvalue weighted by Gasteiger charge is -2.32. The molecular formula is C10H21N3O4S. The van der Waals surface area contributed by atoms with Crippen LogP contribution in [0.2, 0.25) is 0 Å². The van der Waals surface area contributed by atoms with E-state index >= 15 is 0 Å². The Morgan fingerprint density at radius 3 is 2.83 bits per heavy atom. The normalized spacial score (nSPS) is 21.0. The first-order valence-electron chi connectivity index (χ1n) is 6.08. The zero-order valence-corrected chi connectivity index (χ0v) is 11.2. The van der Waals surface area contributed by atoms with E-state index in [0.29, 0.717) is 25.9 Å². The number of rotatable bonds is 6. The maximum atomic E-state index is 11.8. The van der Waals surface area contributed by atoms with Gasteiger partial charge in [0.2, 0.25) is 5.91 Å². The van der Waals surface area contributed by atoms with Gasteiger partial charge in [0.05, 0.1) is 0 Å². The summed E-state index contributed by atoms with van der Waals surface area (Å²) in [6.45, 7) is 1.53. The van der Waals surface area contributed by atoms with E-state index in [1.165, 1.54) is 0 Å². The fourth-order valence-corrected chi connectivity index (χ4v) is 2.55. The van der Waals surface area contributed by atoms with Gasteiger partial charge in [-0.1, -0.05) is 0 Å². The summed E-state index contributed by atoms with van der Waals surface area (Å²) >= 11 is 0. The van der Waals surface area contributed by atoms with Crippen molar-refractivity contribution in [1.82, 2.24) is 9.62 Å². The summed E-state index contributed by atoms with van der Waals surface area (Å²) in [4.78, 5) is 13.5. The number of hydrogen-bond acceptors (Lipinski definition) is 4. The quantitative estimate of drug-likeness (QED) is 0.566. The minimum Gasteiger partial charge on any atom is -0.396 e. The zero-order chi connectivity index (χ0) is 13.6. The van der Waals surface area contributed by atoms with Crippen molar-refractivity contribution in [2.24, 2.45) is 11.1 Å². The van der Waals surface area contributed by atoms with Crippen LogP contribution in [0.1, 0.15) is 25.7 Å². The molecule has 0 bridgehead atoms. The number of carbonyl (C=O) groups excluding carboxylic acids is 1. The summed E-state index contributed by atoms with van der Waals surface area (Å²) in [6, 6.07) is 0. The van der Waals surface area contributed by atoms with Crippen molar-refractivity contribution in [3.05, 3.63) is 0 Å². The highest BCUT2D eigenvalue weighted by Crippen LogP contribution is 2.16. The van der Waals surface area contributed by atoms with Crippen molar-refractivity contribution in [2.75, 3.05) is 26.2 Å². The van der Waals surface area contributed by atoms with Gasteiger partial charge in [-0.15, -0.1) is 0 Å². The Bertz CT molecular complexity index is 371. The molecule has 1 amide bonds. The van der Waals surface area contributed by atoms with Gasteiger partial charge < -0.3 is 10.0 Å². The minimum absolute atomic E-state index is 0.00990. The Morgan fingerprint density at radius 1 is 1.50 bits per heavy atom. The lowest BCUT2D eigenvalue weighted by molar-refractivity contribution is -0.133. The van der Waals surface area contributed by atoms with E-state index in [-0.39, 0.29) is 25.0 Å². The van der Waals surface area contributed by atoms with Crippen LogP contribution in [0, 0.1) is 5.92 Å². The van der Waals surface area contributed by atoms with Crippen LogP contribution >= 0.6 is 0 Å². The van der Waals surface area contributed by atoms with Crippen LogP contribution < -0.4 is 9.86 Å². The summed E-state index contributed by atoms with van der Waals surface area (Å²) < 4.78 is 23.8. The van der Waals surface area contributed by atoms with Crippen LogP contribution in [0.4, 0.5) is 0 Å². The van der Waals surface area contributed by atoms with E-state index in [4.69, 9.17) is 10.2 Å². The number of nitrogens with zero attached hydrogens (tertiary/aromatic N) is 1. The third-order valence-electron chi connectivity index (χ3n) is 2.99. The second-order valence-corrected chi connectivity index (χ2v) is 5.95. The number of nitrogens with one attached hydrogen (secondary N) is 1. The number of aliphatic hydroxyl groups is 1. The van der Waals surface area contributed by atoms with Gasteiger partial charge in [-0.25, -0.2) is 9.86 Å². The van der Waals surface area contributed by atoms with Gasteiger partial charge in [0.1, 0.15) is 0 Å². The van der Waals surface area contributed by atoms with Gasteiger partial charge in [-0.3, -0.25) is 4.79 Å². The van der Waals surface area contributed by atoms with E-state index < -0.39 is 10.2 Å². The van der Waals surface area contributed by atoms with Crippen molar-refractivity contribution in [3.63, 3.8) is 0 Å². The standard InChI is InChI=1S/C10H21N3O4S/c11-18(16,17)12-7-9-3-1-5-13(8-9)10(15)4-2-6-14/h9,12,14H,1-8H2,(H2,11,16,17). The minimum atomic E-state index is -3.66. The molecule has 106 valence electrons. The fourth-order valence-electron chi connectivity index (χ4n) is 2.08. The van der Waals surface area contributed by atoms with E-state index in [9.17, 15) is 13.2 Å². The van der Waals surface area contributed by atoms with E-state index in [0.717, 1.165) is 12.8 Å². The Labute approximate surface area is 108 Å². The highest BCUT2D eigenvalue weighted by molar-refractivity contribution is 7.87. The summed E-state index contributed by atoms with van der Waals surface area (Å²) in [5, 5.41) is 13.5. The molecule has 4 N–H and O–H groups in total. The van der Waals surface area contributed by atoms with Gasteiger partial charge in [-0.2, -0.15) is 8.42 Å². The van der Waals surface area contributed by atoms with Gasteiger partial charge >= 0.3 is 0 Å². The molecule has 1 aliphatic heterocycles. The zero-order valence-electron chi connectivity index (χ0n) is 10.3. The largest absolute Gasteiger partial charge is 0.396 e. The molecule has 1 saturated heterocycles. The van der Waals surface area contributed by atoms with Crippen LogP contribution in [-0.4, -0.2) is 50.6 Å². The smallest absolute Gasteiger partial charge is 0.274 e. The molecule has 0 aromatic heterocycles. The van der Waals surface area contributed by atoms with Crippen LogP contribution in [-0.2, 0) is 15.0 Å². The van der Waals surface area contributed by atoms with Crippen molar-refractivity contribution in [3.8, 4) is 0 Å². The predicted molar refractivity (Wildman–Crippen MR) is 66.7 cm³/mol. The molecule has 1 heterocycles.